The molecule has 162 valence electrons. The van der Waals surface area contributed by atoms with Crippen molar-refractivity contribution in [1.82, 2.24) is 9.29 Å². The maximum absolute atomic E-state index is 13.1. The number of piperidine rings is 1. The van der Waals surface area contributed by atoms with Gasteiger partial charge in [0.15, 0.2) is 5.13 Å². The van der Waals surface area contributed by atoms with Crippen molar-refractivity contribution in [3.63, 3.8) is 0 Å². The van der Waals surface area contributed by atoms with Crippen molar-refractivity contribution in [2.24, 2.45) is 5.92 Å². The standard InChI is InChI=1S/C21H19F2N3O3S2/c22-16-5-3-14(4-6-16)19-13-30-21(24-19)25-20(27)15-2-1-11-26(12-15)31(28,29)18-9-7-17(23)8-10-18/h3-10,13,15H,1-2,11-12H2,(H,24,25,27). The molecule has 1 amide bonds. The molecule has 1 unspecified atom stereocenters. The van der Waals surface area contributed by atoms with Gasteiger partial charge in [-0.1, -0.05) is 0 Å². The Morgan fingerprint density at radius 1 is 1.06 bits per heavy atom. The van der Waals surface area contributed by atoms with E-state index in [-0.39, 0.29) is 23.2 Å². The molecule has 1 atom stereocenters. The quantitative estimate of drug-likeness (QED) is 0.617. The fourth-order valence-electron chi connectivity index (χ4n) is 3.42. The number of benzene rings is 2. The summed E-state index contributed by atoms with van der Waals surface area (Å²) in [5, 5.41) is 4.91. The lowest BCUT2D eigenvalue weighted by molar-refractivity contribution is -0.120. The molecule has 1 fully saturated rings. The van der Waals surface area contributed by atoms with Gasteiger partial charge in [-0.2, -0.15) is 4.31 Å². The molecular formula is C21H19F2N3O3S2. The minimum absolute atomic E-state index is 0.00109. The number of nitrogens with one attached hydrogen (secondary N) is 1. The second-order valence-corrected chi connectivity index (χ2v) is 9.99. The van der Waals surface area contributed by atoms with Gasteiger partial charge in [-0.05, 0) is 61.4 Å². The van der Waals surface area contributed by atoms with Crippen LogP contribution in [0.4, 0.5) is 13.9 Å². The van der Waals surface area contributed by atoms with Crippen molar-refractivity contribution in [3.05, 3.63) is 65.5 Å². The predicted molar refractivity (Wildman–Crippen MR) is 114 cm³/mol. The number of hydrogen-bond donors (Lipinski definition) is 1. The zero-order valence-corrected chi connectivity index (χ0v) is 17.9. The van der Waals surface area contributed by atoms with Crippen molar-refractivity contribution in [3.8, 4) is 11.3 Å². The van der Waals surface area contributed by atoms with E-state index >= 15 is 0 Å². The molecule has 31 heavy (non-hydrogen) atoms. The number of halogens is 2. The number of hydrogen-bond acceptors (Lipinski definition) is 5. The summed E-state index contributed by atoms with van der Waals surface area (Å²) in [6, 6.07) is 10.5. The molecule has 2 heterocycles. The molecule has 1 aromatic heterocycles. The Labute approximate surface area is 182 Å². The molecule has 4 rings (SSSR count). The smallest absolute Gasteiger partial charge is 0.243 e. The van der Waals surface area contributed by atoms with Crippen LogP contribution in [0.15, 0.2) is 58.8 Å². The second kappa shape index (κ2) is 8.81. The summed E-state index contributed by atoms with van der Waals surface area (Å²) in [4.78, 5) is 17.1. The summed E-state index contributed by atoms with van der Waals surface area (Å²) in [6.45, 7) is 0.344. The van der Waals surface area contributed by atoms with E-state index in [1.54, 1.807) is 17.5 Å². The van der Waals surface area contributed by atoms with Gasteiger partial charge in [-0.15, -0.1) is 11.3 Å². The van der Waals surface area contributed by atoms with Crippen molar-refractivity contribution in [2.45, 2.75) is 17.7 Å². The van der Waals surface area contributed by atoms with Crippen LogP contribution in [-0.2, 0) is 14.8 Å². The molecule has 1 aliphatic heterocycles. The SMILES string of the molecule is O=C(Nc1nc(-c2ccc(F)cc2)cs1)C1CCCN(S(=O)(=O)c2ccc(F)cc2)C1. The number of nitrogens with zero attached hydrogens (tertiary/aromatic N) is 2. The Hall–Kier alpha value is -2.69. The van der Waals surface area contributed by atoms with Crippen LogP contribution in [0.5, 0.6) is 0 Å². The summed E-state index contributed by atoms with van der Waals surface area (Å²) in [5.74, 6) is -1.69. The monoisotopic (exact) mass is 463 g/mol. The lowest BCUT2D eigenvalue weighted by Crippen LogP contribution is -2.43. The molecule has 0 bridgehead atoms. The number of sulfonamides is 1. The summed E-state index contributed by atoms with van der Waals surface area (Å²) in [7, 11) is -3.81. The molecule has 6 nitrogen and oxygen atoms in total. The molecule has 3 aromatic rings. The van der Waals surface area contributed by atoms with Crippen LogP contribution in [-0.4, -0.2) is 36.7 Å². The van der Waals surface area contributed by atoms with Gasteiger partial charge in [0.1, 0.15) is 11.6 Å². The third-order valence-corrected chi connectivity index (χ3v) is 7.72. The highest BCUT2D eigenvalue weighted by Crippen LogP contribution is 2.28. The summed E-state index contributed by atoms with van der Waals surface area (Å²) >= 11 is 1.24. The third-order valence-electron chi connectivity index (χ3n) is 5.08. The van der Waals surface area contributed by atoms with Crippen LogP contribution < -0.4 is 5.32 Å². The van der Waals surface area contributed by atoms with E-state index in [9.17, 15) is 22.0 Å². The van der Waals surface area contributed by atoms with Gasteiger partial charge in [-0.25, -0.2) is 22.2 Å². The van der Waals surface area contributed by atoms with Gasteiger partial charge >= 0.3 is 0 Å². The molecule has 0 radical (unpaired) electrons. The van der Waals surface area contributed by atoms with Crippen LogP contribution in [0, 0.1) is 17.6 Å². The Morgan fingerprint density at radius 2 is 1.71 bits per heavy atom. The first kappa shape index (κ1) is 21.5. The van der Waals surface area contributed by atoms with E-state index in [0.29, 0.717) is 30.2 Å². The maximum Gasteiger partial charge on any atom is 0.243 e. The highest BCUT2D eigenvalue weighted by molar-refractivity contribution is 7.89. The predicted octanol–water partition coefficient (Wildman–Crippen LogP) is 4.13. The molecule has 1 saturated heterocycles. The summed E-state index contributed by atoms with van der Waals surface area (Å²) in [6.07, 6.45) is 1.09. The van der Waals surface area contributed by atoms with Crippen molar-refractivity contribution in [1.29, 1.82) is 0 Å². The minimum Gasteiger partial charge on any atom is -0.302 e. The topological polar surface area (TPSA) is 79.4 Å². The first-order valence-corrected chi connectivity index (χ1v) is 11.9. The molecule has 2 aromatic carbocycles. The van der Waals surface area contributed by atoms with E-state index < -0.39 is 21.8 Å². The highest BCUT2D eigenvalue weighted by atomic mass is 32.2. The van der Waals surface area contributed by atoms with Gasteiger partial charge in [0.05, 0.1) is 16.5 Å². The Bertz CT molecular complexity index is 1180. The van der Waals surface area contributed by atoms with Crippen LogP contribution in [0.25, 0.3) is 11.3 Å². The Morgan fingerprint density at radius 3 is 2.39 bits per heavy atom. The average molecular weight is 464 g/mol. The summed E-state index contributed by atoms with van der Waals surface area (Å²) < 4.78 is 53.2. The van der Waals surface area contributed by atoms with E-state index in [1.165, 1.54) is 39.9 Å². The lowest BCUT2D eigenvalue weighted by atomic mass is 9.99. The first-order chi connectivity index (χ1) is 14.8. The fraction of sp³-hybridized carbons (Fsp3) is 0.238. The van der Waals surface area contributed by atoms with Gasteiger partial charge in [0.2, 0.25) is 15.9 Å². The number of rotatable bonds is 5. The van der Waals surface area contributed by atoms with Gasteiger partial charge in [0.25, 0.3) is 0 Å². The zero-order chi connectivity index (χ0) is 22.0. The maximum atomic E-state index is 13.1. The van der Waals surface area contributed by atoms with Crippen LogP contribution >= 0.6 is 11.3 Å². The molecule has 1 N–H and O–H groups in total. The van der Waals surface area contributed by atoms with E-state index in [0.717, 1.165) is 17.7 Å². The zero-order valence-electron chi connectivity index (χ0n) is 16.3. The minimum atomic E-state index is -3.81. The Kier molecular flexibility index (Phi) is 6.12. The molecule has 0 aliphatic carbocycles. The third kappa shape index (κ3) is 4.81. The number of anilines is 1. The van der Waals surface area contributed by atoms with E-state index in [2.05, 4.69) is 10.3 Å². The van der Waals surface area contributed by atoms with Crippen LogP contribution in [0.3, 0.4) is 0 Å². The summed E-state index contributed by atoms with van der Waals surface area (Å²) in [5.41, 5.74) is 1.34. The average Bonchev–Trinajstić information content (AvgIpc) is 3.23. The van der Waals surface area contributed by atoms with Crippen molar-refractivity contribution in [2.75, 3.05) is 18.4 Å². The first-order valence-electron chi connectivity index (χ1n) is 9.61. The van der Waals surface area contributed by atoms with Gasteiger partial charge in [0, 0.05) is 24.0 Å². The lowest BCUT2D eigenvalue weighted by Gasteiger charge is -2.31. The number of amides is 1. The molecular weight excluding hydrogens is 444 g/mol. The normalized spacial score (nSPS) is 17.4. The Balaban J connectivity index is 1.43. The second-order valence-electron chi connectivity index (χ2n) is 7.19. The fourth-order valence-corrected chi connectivity index (χ4v) is 5.67. The number of carbonyl (C=O) groups is 1. The molecule has 10 heteroatoms. The van der Waals surface area contributed by atoms with Gasteiger partial charge < -0.3 is 5.32 Å². The van der Waals surface area contributed by atoms with Crippen LogP contribution in [0.2, 0.25) is 0 Å². The largest absolute Gasteiger partial charge is 0.302 e. The molecule has 1 aliphatic rings. The number of carbonyl (C=O) groups excluding carboxylic acids is 1. The highest BCUT2D eigenvalue weighted by Gasteiger charge is 2.33. The van der Waals surface area contributed by atoms with Gasteiger partial charge in [-0.3, -0.25) is 4.79 Å². The van der Waals surface area contributed by atoms with Crippen molar-refractivity contribution < 1.29 is 22.0 Å². The van der Waals surface area contributed by atoms with Crippen molar-refractivity contribution >= 4 is 32.4 Å². The van der Waals surface area contributed by atoms with Crippen LogP contribution in [0.1, 0.15) is 12.8 Å². The van der Waals surface area contributed by atoms with E-state index in [4.69, 9.17) is 0 Å². The number of thiazole rings is 1. The molecule has 0 spiro atoms. The van der Waals surface area contributed by atoms with E-state index in [1.807, 2.05) is 0 Å². The number of aromatic nitrogens is 1. The molecule has 0 saturated carbocycles.